The molecule has 2 aliphatic heterocycles. The highest BCUT2D eigenvalue weighted by atomic mass is 35.5. The fraction of sp³-hybridized carbons (Fsp3) is 0.500. The summed E-state index contributed by atoms with van der Waals surface area (Å²) in [5.41, 5.74) is 1.36. The van der Waals surface area contributed by atoms with Crippen LogP contribution in [0.2, 0.25) is 0 Å². The van der Waals surface area contributed by atoms with Crippen LogP contribution in [-0.2, 0) is 0 Å². The van der Waals surface area contributed by atoms with Crippen LogP contribution in [0.25, 0.3) is 11.5 Å². The van der Waals surface area contributed by atoms with Gasteiger partial charge in [0.05, 0.1) is 11.1 Å². The zero-order valence-corrected chi connectivity index (χ0v) is 15.1. The van der Waals surface area contributed by atoms with E-state index in [1.54, 1.807) is 6.92 Å². The van der Waals surface area contributed by atoms with Crippen LogP contribution in [-0.4, -0.2) is 47.1 Å². The van der Waals surface area contributed by atoms with Crippen LogP contribution in [0.15, 0.2) is 28.8 Å². The predicted octanol–water partition coefficient (Wildman–Crippen LogP) is 2.54. The number of amides is 1. The first-order chi connectivity index (χ1) is 11.7. The first-order valence-electron chi connectivity index (χ1n) is 8.62. The van der Waals surface area contributed by atoms with Crippen molar-refractivity contribution in [3.63, 3.8) is 0 Å². The number of rotatable bonds is 2. The van der Waals surface area contributed by atoms with E-state index in [1.165, 1.54) is 0 Å². The molecule has 3 heterocycles. The van der Waals surface area contributed by atoms with E-state index >= 15 is 0 Å². The van der Waals surface area contributed by atoms with E-state index in [1.807, 2.05) is 29.2 Å². The number of nitrogens with zero attached hydrogens (tertiary/aromatic N) is 3. The third kappa shape index (κ3) is 3.55. The highest BCUT2D eigenvalue weighted by molar-refractivity contribution is 6.00. The van der Waals surface area contributed by atoms with Gasteiger partial charge in [0, 0.05) is 13.1 Å². The van der Waals surface area contributed by atoms with Crippen LogP contribution in [0.5, 0.6) is 0 Å². The molecule has 4 rings (SSSR count). The molecule has 0 unspecified atom stereocenters. The predicted molar refractivity (Wildman–Crippen MR) is 96.7 cm³/mol. The molecule has 0 radical (unpaired) electrons. The van der Waals surface area contributed by atoms with Gasteiger partial charge in [-0.15, -0.1) is 12.4 Å². The van der Waals surface area contributed by atoms with Crippen LogP contribution in [0.3, 0.4) is 0 Å². The number of hydrogen-bond acceptors (Lipinski definition) is 5. The number of aromatic nitrogens is 2. The smallest absolute Gasteiger partial charge is 0.258 e. The first kappa shape index (κ1) is 17.9. The minimum absolute atomic E-state index is 0. The van der Waals surface area contributed by atoms with Crippen molar-refractivity contribution in [3.05, 3.63) is 35.7 Å². The van der Waals surface area contributed by atoms with Crippen LogP contribution in [0.4, 0.5) is 0 Å². The Balaban J connectivity index is 0.00000182. The fourth-order valence-corrected chi connectivity index (χ4v) is 3.85. The normalized spacial score (nSPS) is 22.8. The summed E-state index contributed by atoms with van der Waals surface area (Å²) in [6.45, 7) is 5.59. The van der Waals surface area contributed by atoms with E-state index in [2.05, 4.69) is 15.5 Å². The van der Waals surface area contributed by atoms with Gasteiger partial charge in [-0.3, -0.25) is 4.79 Å². The minimum Gasteiger partial charge on any atom is -0.339 e. The van der Waals surface area contributed by atoms with Crippen LogP contribution in [0.1, 0.15) is 29.0 Å². The quantitative estimate of drug-likeness (QED) is 0.888. The van der Waals surface area contributed by atoms with Gasteiger partial charge < -0.3 is 14.7 Å². The molecule has 1 N–H and O–H groups in total. The van der Waals surface area contributed by atoms with E-state index in [9.17, 15) is 4.79 Å². The van der Waals surface area contributed by atoms with Gasteiger partial charge in [-0.05, 0) is 56.8 Å². The van der Waals surface area contributed by atoms with Crippen LogP contribution >= 0.6 is 12.4 Å². The van der Waals surface area contributed by atoms with Crippen molar-refractivity contribution in [2.45, 2.75) is 19.8 Å². The van der Waals surface area contributed by atoms with Gasteiger partial charge >= 0.3 is 0 Å². The van der Waals surface area contributed by atoms with E-state index in [0.29, 0.717) is 34.7 Å². The Hall–Kier alpha value is -1.92. The topological polar surface area (TPSA) is 71.3 Å². The Morgan fingerprint density at radius 2 is 1.88 bits per heavy atom. The van der Waals surface area contributed by atoms with E-state index in [4.69, 9.17) is 4.52 Å². The van der Waals surface area contributed by atoms with E-state index in [0.717, 1.165) is 39.0 Å². The largest absolute Gasteiger partial charge is 0.339 e. The van der Waals surface area contributed by atoms with Crippen molar-refractivity contribution in [2.24, 2.45) is 11.8 Å². The molecule has 7 heteroatoms. The number of hydrogen-bond donors (Lipinski definition) is 1. The van der Waals surface area contributed by atoms with Crippen molar-refractivity contribution >= 4 is 18.3 Å². The lowest BCUT2D eigenvalue weighted by Crippen LogP contribution is -2.33. The lowest BCUT2D eigenvalue weighted by molar-refractivity contribution is 0.0759. The lowest BCUT2D eigenvalue weighted by Gasteiger charge is -2.21. The number of carbonyl (C=O) groups is 1. The monoisotopic (exact) mass is 362 g/mol. The molecule has 2 aliphatic rings. The van der Waals surface area contributed by atoms with Crippen molar-refractivity contribution in [3.8, 4) is 11.5 Å². The summed E-state index contributed by atoms with van der Waals surface area (Å²) >= 11 is 0. The van der Waals surface area contributed by atoms with Crippen molar-refractivity contribution in [1.29, 1.82) is 0 Å². The maximum Gasteiger partial charge on any atom is 0.258 e. The van der Waals surface area contributed by atoms with Gasteiger partial charge in [0.25, 0.3) is 11.8 Å². The molecule has 0 spiro atoms. The van der Waals surface area contributed by atoms with Gasteiger partial charge in [0.2, 0.25) is 0 Å². The molecule has 1 aromatic heterocycles. The first-order valence-corrected chi connectivity index (χ1v) is 8.62. The van der Waals surface area contributed by atoms with Gasteiger partial charge in [-0.2, -0.15) is 4.98 Å². The fourth-order valence-electron chi connectivity index (χ4n) is 3.85. The maximum atomic E-state index is 13.1. The lowest BCUT2D eigenvalue weighted by atomic mass is 9.92. The SMILES string of the molecule is Cc1noc(-c2ccccc2C(=O)N2CC[C@@H]3CNC[C@@H]3CC2)n1.Cl. The summed E-state index contributed by atoms with van der Waals surface area (Å²) in [6, 6.07) is 7.50. The third-order valence-corrected chi connectivity index (χ3v) is 5.22. The summed E-state index contributed by atoms with van der Waals surface area (Å²) in [5, 5.41) is 7.31. The number of nitrogens with one attached hydrogen (secondary N) is 1. The summed E-state index contributed by atoms with van der Waals surface area (Å²) < 4.78 is 5.27. The number of benzene rings is 1. The van der Waals surface area contributed by atoms with Crippen molar-refractivity contribution < 1.29 is 9.32 Å². The van der Waals surface area contributed by atoms with Crippen LogP contribution < -0.4 is 5.32 Å². The Bertz CT molecular complexity index is 734. The molecular formula is C18H23ClN4O2. The van der Waals surface area contributed by atoms with Gasteiger partial charge in [0.1, 0.15) is 0 Å². The average molecular weight is 363 g/mol. The molecule has 2 atom stereocenters. The van der Waals surface area contributed by atoms with Gasteiger partial charge in [0.15, 0.2) is 5.82 Å². The molecular weight excluding hydrogens is 340 g/mol. The van der Waals surface area contributed by atoms with Crippen LogP contribution in [0, 0.1) is 18.8 Å². The highest BCUT2D eigenvalue weighted by Crippen LogP contribution is 2.29. The molecule has 1 aromatic carbocycles. The summed E-state index contributed by atoms with van der Waals surface area (Å²) in [5.74, 6) is 2.46. The number of carbonyl (C=O) groups excluding carboxylic acids is 1. The number of fused-ring (bicyclic) bond motifs is 1. The number of likely N-dealkylation sites (tertiary alicyclic amines) is 1. The van der Waals surface area contributed by atoms with Crippen molar-refractivity contribution in [2.75, 3.05) is 26.2 Å². The van der Waals surface area contributed by atoms with E-state index < -0.39 is 0 Å². The molecule has 2 aromatic rings. The van der Waals surface area contributed by atoms with Gasteiger partial charge in [-0.1, -0.05) is 17.3 Å². The Morgan fingerprint density at radius 1 is 1.20 bits per heavy atom. The maximum absolute atomic E-state index is 13.1. The zero-order chi connectivity index (χ0) is 16.5. The molecule has 1 amide bonds. The Labute approximate surface area is 153 Å². The van der Waals surface area contributed by atoms with E-state index in [-0.39, 0.29) is 18.3 Å². The Morgan fingerprint density at radius 3 is 2.52 bits per heavy atom. The molecule has 134 valence electrons. The van der Waals surface area contributed by atoms with Gasteiger partial charge in [-0.25, -0.2) is 0 Å². The molecule has 0 saturated carbocycles. The number of halogens is 1. The summed E-state index contributed by atoms with van der Waals surface area (Å²) in [6.07, 6.45) is 2.15. The second kappa shape index (κ2) is 7.54. The second-order valence-electron chi connectivity index (χ2n) is 6.74. The minimum atomic E-state index is 0. The average Bonchev–Trinajstić information content (AvgIpc) is 3.19. The summed E-state index contributed by atoms with van der Waals surface area (Å²) in [7, 11) is 0. The summed E-state index contributed by atoms with van der Waals surface area (Å²) in [4.78, 5) is 19.4. The standard InChI is InChI=1S/C18H22N4O2.ClH/c1-12-20-17(24-21-12)15-4-2-3-5-16(15)18(23)22-8-6-13-10-19-11-14(13)7-9-22;/h2-5,13-14,19H,6-11H2,1H3;1H/t13-,14+;. The second-order valence-corrected chi connectivity index (χ2v) is 6.74. The third-order valence-electron chi connectivity index (χ3n) is 5.22. The Kier molecular flexibility index (Phi) is 5.39. The molecule has 0 bridgehead atoms. The number of aryl methyl sites for hydroxylation is 1. The zero-order valence-electron chi connectivity index (χ0n) is 14.3. The molecule has 2 saturated heterocycles. The molecule has 0 aliphatic carbocycles. The highest BCUT2D eigenvalue weighted by Gasteiger charge is 2.32. The molecule has 6 nitrogen and oxygen atoms in total. The van der Waals surface area contributed by atoms with Crippen molar-refractivity contribution in [1.82, 2.24) is 20.4 Å². The molecule has 25 heavy (non-hydrogen) atoms. The molecule has 2 fully saturated rings.